The molecule has 3 rings (SSSR count). The monoisotopic (exact) mass is 404 g/mol. The highest BCUT2D eigenvalue weighted by molar-refractivity contribution is 5.95. The number of carbonyl (C=O) groups excluding carboxylic acids is 1. The molecule has 0 saturated carbocycles. The molecule has 0 saturated heterocycles. The molecule has 0 fully saturated rings. The van der Waals surface area contributed by atoms with Gasteiger partial charge in [-0.05, 0) is 62.2 Å². The van der Waals surface area contributed by atoms with Crippen molar-refractivity contribution >= 4 is 5.91 Å². The lowest BCUT2D eigenvalue weighted by Gasteiger charge is -2.27. The van der Waals surface area contributed by atoms with Crippen molar-refractivity contribution in [3.63, 3.8) is 0 Å². The molecule has 0 bridgehead atoms. The van der Waals surface area contributed by atoms with Crippen molar-refractivity contribution in [2.45, 2.75) is 40.0 Å². The van der Waals surface area contributed by atoms with Crippen LogP contribution in [0.15, 0.2) is 73.1 Å². The number of pyridine rings is 1. The average molecular weight is 405 g/mol. The molecule has 0 radical (unpaired) electrons. The summed E-state index contributed by atoms with van der Waals surface area (Å²) in [5.41, 5.74) is 2.70. The van der Waals surface area contributed by atoms with Crippen LogP contribution in [0.4, 0.5) is 0 Å². The quantitative estimate of drug-likeness (QED) is 0.497. The van der Waals surface area contributed by atoms with Crippen molar-refractivity contribution in [2.75, 3.05) is 6.61 Å². The predicted molar refractivity (Wildman–Crippen MR) is 118 cm³/mol. The Morgan fingerprint density at radius 1 is 0.933 bits per heavy atom. The fraction of sp³-hybridized carbons (Fsp3) is 0.280. The molecule has 156 valence electrons. The highest BCUT2D eigenvalue weighted by Crippen LogP contribution is 2.30. The van der Waals surface area contributed by atoms with E-state index >= 15 is 0 Å². The van der Waals surface area contributed by atoms with E-state index in [0.717, 1.165) is 11.1 Å². The van der Waals surface area contributed by atoms with Crippen LogP contribution in [0.3, 0.4) is 0 Å². The molecule has 0 aliphatic rings. The molecule has 0 N–H and O–H groups in total. The lowest BCUT2D eigenvalue weighted by Crippen LogP contribution is -2.36. The van der Waals surface area contributed by atoms with Crippen LogP contribution in [0.2, 0.25) is 0 Å². The van der Waals surface area contributed by atoms with Gasteiger partial charge in [0.1, 0.15) is 6.61 Å². The van der Waals surface area contributed by atoms with Gasteiger partial charge in [-0.15, -0.1) is 0 Å². The molecule has 2 aromatic carbocycles. The van der Waals surface area contributed by atoms with Gasteiger partial charge in [0, 0.05) is 30.5 Å². The summed E-state index contributed by atoms with van der Waals surface area (Å²) in [6.45, 7) is 7.41. The number of amides is 1. The number of benzene rings is 2. The summed E-state index contributed by atoms with van der Waals surface area (Å²) in [6.07, 6.45) is 3.47. The van der Waals surface area contributed by atoms with E-state index in [1.165, 1.54) is 0 Å². The number of hydrogen-bond acceptors (Lipinski definition) is 4. The summed E-state index contributed by atoms with van der Waals surface area (Å²) in [4.78, 5) is 19.1. The smallest absolute Gasteiger partial charge is 0.254 e. The fourth-order valence-electron chi connectivity index (χ4n) is 3.10. The molecule has 1 heterocycles. The molecule has 0 aliphatic heterocycles. The van der Waals surface area contributed by atoms with Crippen LogP contribution in [0, 0.1) is 0 Å². The molecule has 0 aliphatic carbocycles. The second-order valence-corrected chi connectivity index (χ2v) is 7.25. The van der Waals surface area contributed by atoms with Gasteiger partial charge in [0.25, 0.3) is 5.91 Å². The molecule has 5 nitrogen and oxygen atoms in total. The van der Waals surface area contributed by atoms with E-state index in [9.17, 15) is 4.79 Å². The van der Waals surface area contributed by atoms with Crippen molar-refractivity contribution < 1.29 is 14.3 Å². The standard InChI is InChI=1S/C25H28N2O3/c1-4-29-24-16-22(10-11-23(24)30-18-21-12-14-26-15-13-21)25(28)27(19(2)3)17-20-8-6-5-7-9-20/h5-16,19H,4,17-18H2,1-3H3. The van der Waals surface area contributed by atoms with Crippen LogP contribution < -0.4 is 9.47 Å². The third-order valence-electron chi connectivity index (χ3n) is 4.71. The van der Waals surface area contributed by atoms with Gasteiger partial charge in [-0.25, -0.2) is 0 Å². The van der Waals surface area contributed by atoms with Crippen LogP contribution in [-0.4, -0.2) is 28.4 Å². The van der Waals surface area contributed by atoms with E-state index in [-0.39, 0.29) is 11.9 Å². The molecule has 0 atom stereocenters. The van der Waals surface area contributed by atoms with Crippen LogP contribution in [0.25, 0.3) is 0 Å². The summed E-state index contributed by atoms with van der Waals surface area (Å²) in [5.74, 6) is 1.15. The number of rotatable bonds is 9. The highest BCUT2D eigenvalue weighted by Gasteiger charge is 2.21. The van der Waals surface area contributed by atoms with E-state index in [4.69, 9.17) is 9.47 Å². The zero-order valence-electron chi connectivity index (χ0n) is 17.7. The molecule has 1 amide bonds. The first-order valence-electron chi connectivity index (χ1n) is 10.2. The SMILES string of the molecule is CCOc1cc(C(=O)N(Cc2ccccc2)C(C)C)ccc1OCc1ccncc1. The zero-order chi connectivity index (χ0) is 21.3. The number of ether oxygens (including phenoxy) is 2. The van der Waals surface area contributed by atoms with Crippen molar-refractivity contribution in [1.82, 2.24) is 9.88 Å². The van der Waals surface area contributed by atoms with E-state index in [1.54, 1.807) is 30.6 Å². The van der Waals surface area contributed by atoms with Gasteiger partial charge in [-0.2, -0.15) is 0 Å². The summed E-state index contributed by atoms with van der Waals surface area (Å²) in [6, 6.07) is 19.3. The molecule has 3 aromatic rings. The molecule has 0 unspecified atom stereocenters. The average Bonchev–Trinajstić information content (AvgIpc) is 2.77. The maximum absolute atomic E-state index is 13.3. The second kappa shape index (κ2) is 10.4. The fourth-order valence-corrected chi connectivity index (χ4v) is 3.10. The Kier molecular flexibility index (Phi) is 7.44. The van der Waals surface area contributed by atoms with Gasteiger partial charge >= 0.3 is 0 Å². The summed E-state index contributed by atoms with van der Waals surface area (Å²) >= 11 is 0. The minimum atomic E-state index is -0.0320. The van der Waals surface area contributed by atoms with E-state index in [1.807, 2.05) is 68.1 Å². The Hall–Kier alpha value is -3.34. The van der Waals surface area contributed by atoms with Crippen molar-refractivity contribution in [3.05, 3.63) is 89.7 Å². The van der Waals surface area contributed by atoms with Crippen LogP contribution >= 0.6 is 0 Å². The molecule has 1 aromatic heterocycles. The molecule has 0 spiro atoms. The summed E-state index contributed by atoms with van der Waals surface area (Å²) < 4.78 is 11.7. The number of hydrogen-bond donors (Lipinski definition) is 0. The van der Waals surface area contributed by atoms with Crippen LogP contribution in [0.1, 0.15) is 42.3 Å². The van der Waals surface area contributed by atoms with E-state index < -0.39 is 0 Å². The zero-order valence-corrected chi connectivity index (χ0v) is 17.7. The van der Waals surface area contributed by atoms with Gasteiger partial charge < -0.3 is 14.4 Å². The first-order valence-corrected chi connectivity index (χ1v) is 10.2. The minimum Gasteiger partial charge on any atom is -0.490 e. The Bertz CT molecular complexity index is 943. The van der Waals surface area contributed by atoms with E-state index in [0.29, 0.717) is 36.8 Å². The number of nitrogens with zero attached hydrogens (tertiary/aromatic N) is 2. The van der Waals surface area contributed by atoms with Gasteiger partial charge in [0.2, 0.25) is 0 Å². The van der Waals surface area contributed by atoms with Gasteiger partial charge in [-0.1, -0.05) is 30.3 Å². The third kappa shape index (κ3) is 5.60. The minimum absolute atomic E-state index is 0.0320. The van der Waals surface area contributed by atoms with Crippen molar-refractivity contribution in [1.29, 1.82) is 0 Å². The molecular weight excluding hydrogens is 376 g/mol. The highest BCUT2D eigenvalue weighted by atomic mass is 16.5. The predicted octanol–water partition coefficient (Wildman–Crippen LogP) is 5.11. The number of aromatic nitrogens is 1. The Balaban J connectivity index is 1.79. The summed E-state index contributed by atoms with van der Waals surface area (Å²) in [7, 11) is 0. The van der Waals surface area contributed by atoms with Gasteiger partial charge in [-0.3, -0.25) is 9.78 Å². The maximum Gasteiger partial charge on any atom is 0.254 e. The first kappa shape index (κ1) is 21.4. The maximum atomic E-state index is 13.3. The first-order chi connectivity index (χ1) is 14.6. The van der Waals surface area contributed by atoms with Gasteiger partial charge in [0.05, 0.1) is 6.61 Å². The lowest BCUT2D eigenvalue weighted by molar-refractivity contribution is 0.0689. The second-order valence-electron chi connectivity index (χ2n) is 7.25. The van der Waals surface area contributed by atoms with Crippen LogP contribution in [-0.2, 0) is 13.2 Å². The molecular formula is C25H28N2O3. The lowest BCUT2D eigenvalue weighted by atomic mass is 10.1. The molecule has 5 heteroatoms. The normalized spacial score (nSPS) is 10.7. The van der Waals surface area contributed by atoms with Gasteiger partial charge in [0.15, 0.2) is 11.5 Å². The van der Waals surface area contributed by atoms with Crippen LogP contribution in [0.5, 0.6) is 11.5 Å². The third-order valence-corrected chi connectivity index (χ3v) is 4.71. The Morgan fingerprint density at radius 3 is 2.33 bits per heavy atom. The number of carbonyl (C=O) groups is 1. The summed E-state index contributed by atoms with van der Waals surface area (Å²) in [5, 5.41) is 0. The topological polar surface area (TPSA) is 51.7 Å². The Morgan fingerprint density at radius 2 is 1.67 bits per heavy atom. The Labute approximate surface area is 178 Å². The van der Waals surface area contributed by atoms with Crippen molar-refractivity contribution in [2.24, 2.45) is 0 Å². The van der Waals surface area contributed by atoms with Crippen molar-refractivity contribution in [3.8, 4) is 11.5 Å². The largest absolute Gasteiger partial charge is 0.490 e. The molecule has 30 heavy (non-hydrogen) atoms. The van der Waals surface area contributed by atoms with E-state index in [2.05, 4.69) is 4.98 Å².